The number of carbonyl (C=O) groups is 1. The fourth-order valence-corrected chi connectivity index (χ4v) is 4.36. The molecule has 1 N–H and O–H groups in total. The quantitative estimate of drug-likeness (QED) is 0.847. The molecule has 1 atom stereocenters. The molecule has 2 aliphatic carbocycles. The van der Waals surface area contributed by atoms with Gasteiger partial charge >= 0.3 is 0 Å². The van der Waals surface area contributed by atoms with Crippen molar-refractivity contribution in [3.63, 3.8) is 0 Å². The number of hydrogen-bond acceptors (Lipinski definition) is 4. The van der Waals surface area contributed by atoms with Crippen LogP contribution in [0.5, 0.6) is 0 Å². The Morgan fingerprint density at radius 1 is 1.12 bits per heavy atom. The fraction of sp³-hybridized carbons (Fsp3) is 0.750. The van der Waals surface area contributed by atoms with Crippen LogP contribution in [0, 0.1) is 11.8 Å². The average molecular weight is 358 g/mol. The highest BCUT2D eigenvalue weighted by atomic mass is 16.1. The van der Waals surface area contributed by atoms with Gasteiger partial charge in [0.1, 0.15) is 0 Å². The zero-order valence-electron chi connectivity index (χ0n) is 15.5. The highest BCUT2D eigenvalue weighted by Crippen LogP contribution is 2.30. The molecule has 0 aromatic carbocycles. The first-order valence-corrected chi connectivity index (χ1v) is 10.3. The van der Waals surface area contributed by atoms with Crippen molar-refractivity contribution >= 4 is 11.6 Å². The number of carbonyl (C=O) groups excluding carboxylic acids is 1. The maximum Gasteiger partial charge on any atom is 0.268 e. The van der Waals surface area contributed by atoms with E-state index in [0.717, 1.165) is 51.0 Å². The van der Waals surface area contributed by atoms with E-state index in [1.807, 2.05) is 6.20 Å². The molecular weight excluding hydrogens is 328 g/mol. The van der Waals surface area contributed by atoms with Crippen LogP contribution in [-0.4, -0.2) is 34.8 Å². The molecule has 1 aliphatic heterocycles. The Labute approximate surface area is 155 Å². The summed E-state index contributed by atoms with van der Waals surface area (Å²) in [6.45, 7) is 2.53. The monoisotopic (exact) mass is 358 g/mol. The van der Waals surface area contributed by atoms with Crippen LogP contribution in [0.1, 0.15) is 57.8 Å². The van der Waals surface area contributed by atoms with Crippen molar-refractivity contribution in [3.8, 4) is 0 Å². The minimum Gasteiger partial charge on any atom is -0.370 e. The van der Waals surface area contributed by atoms with Gasteiger partial charge in [-0.3, -0.25) is 9.59 Å². The van der Waals surface area contributed by atoms with Crippen molar-refractivity contribution in [3.05, 3.63) is 22.6 Å². The summed E-state index contributed by atoms with van der Waals surface area (Å²) < 4.78 is 1.59. The van der Waals surface area contributed by atoms with Gasteiger partial charge in [-0.05, 0) is 50.4 Å². The summed E-state index contributed by atoms with van der Waals surface area (Å²) >= 11 is 0. The van der Waals surface area contributed by atoms with Crippen LogP contribution in [-0.2, 0) is 11.3 Å². The molecule has 1 amide bonds. The second-order valence-corrected chi connectivity index (χ2v) is 8.38. The van der Waals surface area contributed by atoms with Crippen LogP contribution in [0.15, 0.2) is 17.1 Å². The second kappa shape index (κ2) is 7.80. The minimum atomic E-state index is -0.00417. The first-order valence-electron chi connectivity index (χ1n) is 10.3. The van der Waals surface area contributed by atoms with Crippen molar-refractivity contribution < 1.29 is 4.79 Å². The molecule has 0 bridgehead atoms. The summed E-state index contributed by atoms with van der Waals surface area (Å²) in [6, 6.07) is 2.11. The van der Waals surface area contributed by atoms with Gasteiger partial charge in [-0.25, -0.2) is 4.68 Å². The van der Waals surface area contributed by atoms with E-state index in [1.54, 1.807) is 10.7 Å². The molecule has 6 nitrogen and oxygen atoms in total. The van der Waals surface area contributed by atoms with Gasteiger partial charge in [0, 0.05) is 38.2 Å². The molecule has 3 aliphatic rings. The molecule has 2 saturated carbocycles. The van der Waals surface area contributed by atoms with E-state index in [9.17, 15) is 9.59 Å². The van der Waals surface area contributed by atoms with E-state index in [1.165, 1.54) is 25.7 Å². The summed E-state index contributed by atoms with van der Waals surface area (Å²) in [6.07, 6.45) is 11.7. The molecule has 0 radical (unpaired) electrons. The number of piperidine rings is 1. The van der Waals surface area contributed by atoms with Gasteiger partial charge < -0.3 is 10.2 Å². The summed E-state index contributed by atoms with van der Waals surface area (Å²) in [5.41, 5.74) is 0.901. The summed E-state index contributed by atoms with van der Waals surface area (Å²) in [5, 5.41) is 7.57. The Balaban J connectivity index is 1.33. The van der Waals surface area contributed by atoms with E-state index in [-0.39, 0.29) is 11.5 Å². The summed E-state index contributed by atoms with van der Waals surface area (Å²) in [4.78, 5) is 26.9. The van der Waals surface area contributed by atoms with Crippen LogP contribution in [0.4, 0.5) is 5.69 Å². The Bertz CT molecular complexity index is 691. The largest absolute Gasteiger partial charge is 0.370 e. The lowest BCUT2D eigenvalue weighted by molar-refractivity contribution is -0.122. The average Bonchev–Trinajstić information content (AvgIpc) is 3.30. The third-order valence-electron chi connectivity index (χ3n) is 6.06. The van der Waals surface area contributed by atoms with Gasteiger partial charge in [0.25, 0.3) is 5.56 Å². The Hall–Kier alpha value is -1.85. The highest BCUT2D eigenvalue weighted by molar-refractivity contribution is 5.76. The van der Waals surface area contributed by atoms with E-state index < -0.39 is 0 Å². The Kier molecular flexibility index (Phi) is 5.27. The van der Waals surface area contributed by atoms with E-state index in [4.69, 9.17) is 0 Å². The van der Waals surface area contributed by atoms with E-state index in [0.29, 0.717) is 24.3 Å². The summed E-state index contributed by atoms with van der Waals surface area (Å²) in [7, 11) is 0. The van der Waals surface area contributed by atoms with Gasteiger partial charge in [0.2, 0.25) is 5.91 Å². The van der Waals surface area contributed by atoms with Crippen LogP contribution < -0.4 is 15.8 Å². The molecule has 26 heavy (non-hydrogen) atoms. The topological polar surface area (TPSA) is 67.2 Å². The molecule has 1 aromatic heterocycles. The first-order chi connectivity index (χ1) is 12.7. The maximum absolute atomic E-state index is 12.3. The molecule has 6 heteroatoms. The van der Waals surface area contributed by atoms with Crippen LogP contribution in [0.25, 0.3) is 0 Å². The molecule has 0 spiro atoms. The van der Waals surface area contributed by atoms with Crippen molar-refractivity contribution in [2.45, 2.75) is 70.4 Å². The summed E-state index contributed by atoms with van der Waals surface area (Å²) in [5.74, 6) is 1.20. The standard InChI is InChI=1S/C20H30N4O2/c25-19(22-17-5-1-2-6-17)10-16-4-3-9-23(13-16)18-11-20(26)24(21-12-18)14-15-7-8-15/h11-12,15-17H,1-10,13-14H2,(H,22,25). The van der Waals surface area contributed by atoms with Crippen molar-refractivity contribution in [2.75, 3.05) is 18.0 Å². The SMILES string of the molecule is O=C(CC1CCCN(c2cnn(CC3CC3)c(=O)c2)C1)NC1CCCC1. The number of anilines is 1. The molecule has 3 fully saturated rings. The zero-order chi connectivity index (χ0) is 17.9. The molecule has 4 rings (SSSR count). The van der Waals surface area contributed by atoms with Crippen LogP contribution in [0.2, 0.25) is 0 Å². The van der Waals surface area contributed by atoms with Gasteiger partial charge in [0.05, 0.1) is 11.9 Å². The maximum atomic E-state index is 12.3. The van der Waals surface area contributed by atoms with Gasteiger partial charge in [0.15, 0.2) is 0 Å². The number of nitrogens with one attached hydrogen (secondary N) is 1. The lowest BCUT2D eigenvalue weighted by Crippen LogP contribution is -2.40. The van der Waals surface area contributed by atoms with Gasteiger partial charge in [-0.2, -0.15) is 5.10 Å². The predicted octanol–water partition coefficient (Wildman–Crippen LogP) is 2.32. The second-order valence-electron chi connectivity index (χ2n) is 8.38. The van der Waals surface area contributed by atoms with Crippen molar-refractivity contribution in [1.82, 2.24) is 15.1 Å². The Morgan fingerprint density at radius 2 is 1.92 bits per heavy atom. The molecular formula is C20H30N4O2. The van der Waals surface area contributed by atoms with E-state index in [2.05, 4.69) is 15.3 Å². The molecule has 2 heterocycles. The predicted molar refractivity (Wildman–Crippen MR) is 101 cm³/mol. The third-order valence-corrected chi connectivity index (χ3v) is 6.06. The first kappa shape index (κ1) is 17.6. The van der Waals surface area contributed by atoms with Crippen molar-refractivity contribution in [2.24, 2.45) is 11.8 Å². The van der Waals surface area contributed by atoms with Gasteiger partial charge in [-0.15, -0.1) is 0 Å². The zero-order valence-corrected chi connectivity index (χ0v) is 15.5. The van der Waals surface area contributed by atoms with Gasteiger partial charge in [-0.1, -0.05) is 12.8 Å². The molecule has 1 saturated heterocycles. The molecule has 1 aromatic rings. The molecule has 1 unspecified atom stereocenters. The van der Waals surface area contributed by atoms with Crippen LogP contribution >= 0.6 is 0 Å². The number of nitrogens with zero attached hydrogens (tertiary/aromatic N) is 3. The minimum absolute atomic E-state index is 0.00417. The lowest BCUT2D eigenvalue weighted by atomic mass is 9.94. The smallest absolute Gasteiger partial charge is 0.268 e. The number of aromatic nitrogens is 2. The lowest BCUT2D eigenvalue weighted by Gasteiger charge is -2.34. The third kappa shape index (κ3) is 4.46. The van der Waals surface area contributed by atoms with Crippen LogP contribution in [0.3, 0.4) is 0 Å². The van der Waals surface area contributed by atoms with E-state index >= 15 is 0 Å². The Morgan fingerprint density at radius 3 is 2.65 bits per heavy atom. The van der Waals surface area contributed by atoms with Crippen molar-refractivity contribution in [1.29, 1.82) is 0 Å². The normalized spacial score (nSPS) is 24.0. The highest BCUT2D eigenvalue weighted by Gasteiger charge is 2.26. The number of amides is 1. The number of hydrogen-bond donors (Lipinski definition) is 1. The fourth-order valence-electron chi connectivity index (χ4n) is 4.36. The number of rotatable bonds is 6. The molecule has 142 valence electrons.